The Kier molecular flexibility index (Phi) is 2.56. The SMILES string of the molecule is ClCc1cn(Cc2cncs2)nn1. The molecule has 13 heavy (non-hydrogen) atoms. The van der Waals surface area contributed by atoms with Crippen molar-refractivity contribution in [3.63, 3.8) is 0 Å². The zero-order chi connectivity index (χ0) is 9.10. The second kappa shape index (κ2) is 3.85. The van der Waals surface area contributed by atoms with Gasteiger partial charge in [-0.2, -0.15) is 0 Å². The Morgan fingerprint density at radius 1 is 1.54 bits per heavy atom. The van der Waals surface area contributed by atoms with Crippen LogP contribution in [0.2, 0.25) is 0 Å². The van der Waals surface area contributed by atoms with E-state index in [0.29, 0.717) is 12.4 Å². The second-order valence-electron chi connectivity index (χ2n) is 2.51. The average molecular weight is 215 g/mol. The van der Waals surface area contributed by atoms with E-state index in [-0.39, 0.29) is 0 Å². The van der Waals surface area contributed by atoms with Crippen LogP contribution in [-0.4, -0.2) is 20.0 Å². The lowest BCUT2D eigenvalue weighted by Crippen LogP contribution is -1.98. The summed E-state index contributed by atoms with van der Waals surface area (Å²) >= 11 is 7.20. The molecule has 0 atom stereocenters. The molecule has 2 aromatic rings. The quantitative estimate of drug-likeness (QED) is 0.728. The fraction of sp³-hybridized carbons (Fsp3) is 0.286. The molecule has 2 heterocycles. The Morgan fingerprint density at radius 2 is 2.46 bits per heavy atom. The van der Waals surface area contributed by atoms with Gasteiger partial charge in [-0.15, -0.1) is 28.0 Å². The Morgan fingerprint density at radius 3 is 3.08 bits per heavy atom. The number of nitrogens with zero attached hydrogens (tertiary/aromatic N) is 4. The molecule has 0 bridgehead atoms. The highest BCUT2D eigenvalue weighted by Gasteiger charge is 2.00. The van der Waals surface area contributed by atoms with Crippen LogP contribution in [0, 0.1) is 0 Å². The number of hydrogen-bond donors (Lipinski definition) is 0. The van der Waals surface area contributed by atoms with Crippen LogP contribution in [0.1, 0.15) is 10.6 Å². The standard InChI is InChI=1S/C7H7ClN4S/c8-1-6-3-12(11-10-6)4-7-2-9-5-13-7/h2-3,5H,1,4H2. The molecule has 0 aromatic carbocycles. The number of aromatic nitrogens is 4. The van der Waals surface area contributed by atoms with Crippen LogP contribution < -0.4 is 0 Å². The lowest BCUT2D eigenvalue weighted by molar-refractivity contribution is 0.655. The maximum absolute atomic E-state index is 5.60. The number of hydrogen-bond acceptors (Lipinski definition) is 4. The third-order valence-corrected chi connectivity index (χ3v) is 2.56. The molecule has 2 rings (SSSR count). The van der Waals surface area contributed by atoms with Crippen molar-refractivity contribution in [2.24, 2.45) is 0 Å². The molecule has 0 aliphatic rings. The summed E-state index contributed by atoms with van der Waals surface area (Å²) in [4.78, 5) is 5.13. The summed E-state index contributed by atoms with van der Waals surface area (Å²) in [6.45, 7) is 0.717. The van der Waals surface area contributed by atoms with Crippen molar-refractivity contribution in [2.75, 3.05) is 0 Å². The van der Waals surface area contributed by atoms with E-state index < -0.39 is 0 Å². The molecule has 0 N–H and O–H groups in total. The molecule has 68 valence electrons. The highest BCUT2D eigenvalue weighted by molar-refractivity contribution is 7.09. The molecule has 0 spiro atoms. The first-order chi connectivity index (χ1) is 6.38. The van der Waals surface area contributed by atoms with Crippen LogP contribution in [-0.2, 0) is 12.4 Å². The van der Waals surface area contributed by atoms with Crippen molar-refractivity contribution in [1.82, 2.24) is 20.0 Å². The van der Waals surface area contributed by atoms with E-state index in [1.54, 1.807) is 21.5 Å². The number of halogens is 1. The van der Waals surface area contributed by atoms with E-state index >= 15 is 0 Å². The second-order valence-corrected chi connectivity index (χ2v) is 3.75. The Labute approximate surface area is 84.2 Å². The number of alkyl halides is 1. The van der Waals surface area contributed by atoms with Crippen molar-refractivity contribution in [3.05, 3.63) is 28.5 Å². The molecular formula is C7H7ClN4S. The normalized spacial score (nSPS) is 10.5. The van der Waals surface area contributed by atoms with Gasteiger partial charge in [-0.1, -0.05) is 5.21 Å². The minimum absolute atomic E-state index is 0.405. The van der Waals surface area contributed by atoms with Gasteiger partial charge in [-0.25, -0.2) is 4.68 Å². The molecule has 0 radical (unpaired) electrons. The van der Waals surface area contributed by atoms with Crippen LogP contribution >= 0.6 is 22.9 Å². The maximum atomic E-state index is 5.60. The summed E-state index contributed by atoms with van der Waals surface area (Å²) in [7, 11) is 0. The maximum Gasteiger partial charge on any atom is 0.0974 e. The van der Waals surface area contributed by atoms with E-state index in [9.17, 15) is 0 Å². The van der Waals surface area contributed by atoms with Gasteiger partial charge >= 0.3 is 0 Å². The molecule has 0 aliphatic carbocycles. The van der Waals surface area contributed by atoms with Crippen LogP contribution in [0.5, 0.6) is 0 Å². The van der Waals surface area contributed by atoms with Crippen molar-refractivity contribution in [2.45, 2.75) is 12.4 Å². The van der Waals surface area contributed by atoms with Crippen LogP contribution in [0.3, 0.4) is 0 Å². The Bertz CT molecular complexity index is 370. The van der Waals surface area contributed by atoms with Crippen molar-refractivity contribution < 1.29 is 0 Å². The smallest absolute Gasteiger partial charge is 0.0974 e. The van der Waals surface area contributed by atoms with Crippen LogP contribution in [0.15, 0.2) is 17.9 Å². The largest absolute Gasteiger partial charge is 0.253 e. The van der Waals surface area contributed by atoms with Crippen molar-refractivity contribution >= 4 is 22.9 Å². The molecule has 0 saturated carbocycles. The topological polar surface area (TPSA) is 43.6 Å². The van der Waals surface area contributed by atoms with Gasteiger partial charge in [-0.05, 0) is 0 Å². The van der Waals surface area contributed by atoms with Gasteiger partial charge in [0.15, 0.2) is 0 Å². The summed E-state index contributed by atoms with van der Waals surface area (Å²) in [6.07, 6.45) is 3.67. The Balaban J connectivity index is 2.10. The lowest BCUT2D eigenvalue weighted by atomic mass is 10.5. The molecule has 0 unspecified atom stereocenters. The van der Waals surface area contributed by atoms with E-state index in [1.165, 1.54) is 0 Å². The van der Waals surface area contributed by atoms with Gasteiger partial charge in [0.25, 0.3) is 0 Å². The highest BCUT2D eigenvalue weighted by atomic mass is 35.5. The van der Waals surface area contributed by atoms with Gasteiger partial charge in [0.1, 0.15) is 0 Å². The third kappa shape index (κ3) is 2.05. The average Bonchev–Trinajstić information content (AvgIpc) is 2.76. The summed E-state index contributed by atoms with van der Waals surface area (Å²) in [5, 5.41) is 7.80. The van der Waals surface area contributed by atoms with Gasteiger partial charge in [0, 0.05) is 11.1 Å². The first kappa shape index (κ1) is 8.65. The number of thiazole rings is 1. The zero-order valence-electron chi connectivity index (χ0n) is 6.72. The molecule has 0 fully saturated rings. The Hall–Kier alpha value is -0.940. The summed E-state index contributed by atoms with van der Waals surface area (Å²) < 4.78 is 1.76. The highest BCUT2D eigenvalue weighted by Crippen LogP contribution is 2.07. The molecular weight excluding hydrogens is 208 g/mol. The van der Waals surface area contributed by atoms with E-state index in [1.807, 2.05) is 12.4 Å². The summed E-state index contributed by atoms with van der Waals surface area (Å²) in [5.74, 6) is 0.405. The van der Waals surface area contributed by atoms with E-state index in [0.717, 1.165) is 10.6 Å². The molecule has 4 nitrogen and oxygen atoms in total. The van der Waals surface area contributed by atoms with Gasteiger partial charge in [0.05, 0.1) is 29.8 Å². The fourth-order valence-corrected chi connectivity index (χ4v) is 1.67. The molecule has 0 aliphatic heterocycles. The molecule has 0 amide bonds. The van der Waals surface area contributed by atoms with Gasteiger partial charge in [0.2, 0.25) is 0 Å². The minimum Gasteiger partial charge on any atom is -0.253 e. The third-order valence-electron chi connectivity index (χ3n) is 1.52. The zero-order valence-corrected chi connectivity index (χ0v) is 8.29. The van der Waals surface area contributed by atoms with Crippen molar-refractivity contribution in [3.8, 4) is 0 Å². The van der Waals surface area contributed by atoms with E-state index in [2.05, 4.69) is 15.3 Å². The summed E-state index contributed by atoms with van der Waals surface area (Å²) in [6, 6.07) is 0. The van der Waals surface area contributed by atoms with E-state index in [4.69, 9.17) is 11.6 Å². The van der Waals surface area contributed by atoms with Gasteiger partial charge in [-0.3, -0.25) is 4.98 Å². The number of rotatable bonds is 3. The first-order valence-electron chi connectivity index (χ1n) is 3.71. The van der Waals surface area contributed by atoms with Crippen LogP contribution in [0.25, 0.3) is 0 Å². The molecule has 2 aromatic heterocycles. The van der Waals surface area contributed by atoms with Crippen LogP contribution in [0.4, 0.5) is 0 Å². The predicted octanol–water partition coefficient (Wildman–Crippen LogP) is 1.52. The minimum atomic E-state index is 0.405. The lowest BCUT2D eigenvalue weighted by Gasteiger charge is -1.93. The molecule has 0 saturated heterocycles. The monoisotopic (exact) mass is 214 g/mol. The fourth-order valence-electron chi connectivity index (χ4n) is 0.957. The molecule has 6 heteroatoms. The summed E-state index contributed by atoms with van der Waals surface area (Å²) in [5.41, 5.74) is 2.60. The predicted molar refractivity (Wildman–Crippen MR) is 50.8 cm³/mol. The first-order valence-corrected chi connectivity index (χ1v) is 5.12. The van der Waals surface area contributed by atoms with Crippen molar-refractivity contribution in [1.29, 1.82) is 0 Å². The van der Waals surface area contributed by atoms with Gasteiger partial charge < -0.3 is 0 Å².